The number of nitrogens with zero attached hydrogens (tertiary/aromatic N) is 4. The van der Waals surface area contributed by atoms with Crippen LogP contribution in [0.5, 0.6) is 0 Å². The molecule has 0 radical (unpaired) electrons. The number of carbonyl (C=O) groups excluding carboxylic acids is 1. The number of carbonyl (C=O) groups is 1. The summed E-state index contributed by atoms with van der Waals surface area (Å²) in [6.07, 6.45) is 3.69. The summed E-state index contributed by atoms with van der Waals surface area (Å²) in [6, 6.07) is 7.68. The third kappa shape index (κ3) is 4.38. The van der Waals surface area contributed by atoms with Crippen LogP contribution in [0.15, 0.2) is 42.0 Å². The second-order valence-corrected chi connectivity index (χ2v) is 7.35. The van der Waals surface area contributed by atoms with Crippen LogP contribution in [0, 0.1) is 6.92 Å². The van der Waals surface area contributed by atoms with Gasteiger partial charge in [0.05, 0.1) is 0 Å². The average molecular weight is 440 g/mol. The lowest BCUT2D eigenvalue weighted by atomic mass is 10.1. The molecule has 0 bridgehead atoms. The predicted molar refractivity (Wildman–Crippen MR) is 117 cm³/mol. The monoisotopic (exact) mass is 439 g/mol. The summed E-state index contributed by atoms with van der Waals surface area (Å²) in [4.78, 5) is 24.2. The molecule has 0 spiro atoms. The number of benzene rings is 1. The van der Waals surface area contributed by atoms with Crippen molar-refractivity contribution in [2.75, 3.05) is 19.6 Å². The molecular formula is C19H23Cl2N5OS. The van der Waals surface area contributed by atoms with Crippen molar-refractivity contribution < 1.29 is 4.79 Å². The molecule has 150 valence electrons. The van der Waals surface area contributed by atoms with Crippen LogP contribution < -0.4 is 5.32 Å². The number of piperazine rings is 1. The van der Waals surface area contributed by atoms with E-state index in [1.165, 1.54) is 0 Å². The van der Waals surface area contributed by atoms with E-state index >= 15 is 0 Å². The van der Waals surface area contributed by atoms with Crippen molar-refractivity contribution in [2.24, 2.45) is 7.05 Å². The van der Waals surface area contributed by atoms with Crippen LogP contribution in [-0.2, 0) is 7.05 Å². The summed E-state index contributed by atoms with van der Waals surface area (Å²) in [7, 11) is 1.96. The number of thiazole rings is 1. The highest BCUT2D eigenvalue weighted by Crippen LogP contribution is 2.27. The number of halogens is 2. The molecule has 1 saturated heterocycles. The quantitative estimate of drug-likeness (QED) is 0.678. The molecular weight excluding hydrogens is 417 g/mol. The van der Waals surface area contributed by atoms with Gasteiger partial charge in [-0.15, -0.1) is 36.2 Å². The first-order valence-corrected chi connectivity index (χ1v) is 9.53. The fourth-order valence-corrected chi connectivity index (χ4v) is 4.11. The number of nitrogens with one attached hydrogen (secondary N) is 1. The molecule has 28 heavy (non-hydrogen) atoms. The molecule has 9 heteroatoms. The number of rotatable bonds is 3. The minimum atomic E-state index is -0.0676. The normalized spacial score (nSPS) is 16.2. The number of hydrogen-bond acceptors (Lipinski definition) is 5. The van der Waals surface area contributed by atoms with Crippen molar-refractivity contribution in [3.63, 3.8) is 0 Å². The van der Waals surface area contributed by atoms with E-state index in [1.807, 2.05) is 59.3 Å². The van der Waals surface area contributed by atoms with Gasteiger partial charge < -0.3 is 14.8 Å². The summed E-state index contributed by atoms with van der Waals surface area (Å²) in [6.45, 7) is 4.14. The molecule has 1 aromatic carbocycles. The Morgan fingerprint density at radius 2 is 2.14 bits per heavy atom. The lowest BCUT2D eigenvalue weighted by Crippen LogP contribution is -2.49. The van der Waals surface area contributed by atoms with Crippen LogP contribution in [0.4, 0.5) is 0 Å². The molecule has 4 rings (SSSR count). The third-order valence-corrected chi connectivity index (χ3v) is 5.65. The lowest BCUT2D eigenvalue weighted by Gasteiger charge is -2.35. The summed E-state index contributed by atoms with van der Waals surface area (Å²) < 4.78 is 1.98. The fourth-order valence-electron chi connectivity index (χ4n) is 3.31. The first-order chi connectivity index (χ1) is 12.6. The summed E-state index contributed by atoms with van der Waals surface area (Å²) in [5.41, 5.74) is 2.67. The number of aryl methyl sites for hydroxylation is 2. The third-order valence-electron chi connectivity index (χ3n) is 4.64. The van der Waals surface area contributed by atoms with Crippen LogP contribution in [0.2, 0.25) is 0 Å². The predicted octanol–water partition coefficient (Wildman–Crippen LogP) is 3.48. The molecule has 1 fully saturated rings. The largest absolute Gasteiger partial charge is 0.336 e. The molecule has 1 N–H and O–H groups in total. The Morgan fingerprint density at radius 1 is 1.32 bits per heavy atom. The number of hydrogen-bond donors (Lipinski definition) is 1. The average Bonchev–Trinajstić information content (AvgIpc) is 3.29. The zero-order valence-corrected chi connectivity index (χ0v) is 18.1. The molecule has 1 amide bonds. The molecule has 0 aliphatic carbocycles. The second-order valence-electron chi connectivity index (χ2n) is 6.49. The topological polar surface area (TPSA) is 63.1 Å². The van der Waals surface area contributed by atoms with E-state index in [0.717, 1.165) is 28.6 Å². The molecule has 1 atom stereocenters. The van der Waals surface area contributed by atoms with Crippen LogP contribution in [0.25, 0.3) is 10.6 Å². The van der Waals surface area contributed by atoms with Gasteiger partial charge in [0.15, 0.2) is 0 Å². The molecule has 1 aliphatic heterocycles. The molecule has 6 nitrogen and oxygen atoms in total. The maximum absolute atomic E-state index is 13.2. The van der Waals surface area contributed by atoms with Gasteiger partial charge in [-0.05, 0) is 19.1 Å². The molecule has 3 heterocycles. The standard InChI is InChI=1S/C19H21N5OS.2ClH/c1-13-12-26-18(22-13)14-4-3-5-15(10-14)19(25)24-9-6-20-11-16(24)17-21-7-8-23(17)2;;/h3-5,7-8,10,12,16,20H,6,9,11H2,1-2H3;2*1H. The smallest absolute Gasteiger partial charge is 0.254 e. The van der Waals surface area contributed by atoms with Crippen LogP contribution in [0.1, 0.15) is 27.9 Å². The van der Waals surface area contributed by atoms with Crippen LogP contribution >= 0.6 is 36.2 Å². The van der Waals surface area contributed by atoms with E-state index in [9.17, 15) is 4.79 Å². The minimum Gasteiger partial charge on any atom is -0.336 e. The Morgan fingerprint density at radius 3 is 2.82 bits per heavy atom. The fraction of sp³-hybridized carbons (Fsp3) is 0.316. The van der Waals surface area contributed by atoms with E-state index in [1.54, 1.807) is 17.5 Å². The summed E-state index contributed by atoms with van der Waals surface area (Å²) in [5, 5.41) is 6.34. The number of aromatic nitrogens is 3. The van der Waals surface area contributed by atoms with Gasteiger partial charge in [-0.3, -0.25) is 4.79 Å². The molecule has 1 unspecified atom stereocenters. The van der Waals surface area contributed by atoms with Gasteiger partial charge in [0.25, 0.3) is 5.91 Å². The van der Waals surface area contributed by atoms with Gasteiger partial charge >= 0.3 is 0 Å². The van der Waals surface area contributed by atoms with Gasteiger partial charge in [0.2, 0.25) is 0 Å². The Kier molecular flexibility index (Phi) is 7.60. The van der Waals surface area contributed by atoms with E-state index in [4.69, 9.17) is 0 Å². The Balaban J connectivity index is 0.00000140. The highest BCUT2D eigenvalue weighted by molar-refractivity contribution is 7.13. The maximum Gasteiger partial charge on any atom is 0.254 e. The SMILES string of the molecule is Cc1csc(-c2cccc(C(=O)N3CCNCC3c3nccn3C)c2)n1.Cl.Cl. The Hall–Kier alpha value is -1.93. The van der Waals surface area contributed by atoms with E-state index in [0.29, 0.717) is 18.7 Å². The zero-order valence-electron chi connectivity index (χ0n) is 15.7. The molecule has 3 aromatic rings. The van der Waals surface area contributed by atoms with E-state index < -0.39 is 0 Å². The van der Waals surface area contributed by atoms with Crippen LogP contribution in [0.3, 0.4) is 0 Å². The van der Waals surface area contributed by atoms with Crippen molar-refractivity contribution >= 4 is 42.1 Å². The van der Waals surface area contributed by atoms with Gasteiger partial charge in [-0.2, -0.15) is 0 Å². The van der Waals surface area contributed by atoms with Gasteiger partial charge in [-0.1, -0.05) is 12.1 Å². The first kappa shape index (κ1) is 22.4. The van der Waals surface area contributed by atoms with E-state index in [-0.39, 0.29) is 36.8 Å². The maximum atomic E-state index is 13.2. The van der Waals surface area contributed by atoms with Gasteiger partial charge in [0, 0.05) is 61.3 Å². The van der Waals surface area contributed by atoms with Crippen molar-refractivity contribution in [3.8, 4) is 10.6 Å². The van der Waals surface area contributed by atoms with Crippen molar-refractivity contribution in [2.45, 2.75) is 13.0 Å². The van der Waals surface area contributed by atoms with Crippen molar-refractivity contribution in [1.29, 1.82) is 0 Å². The van der Waals surface area contributed by atoms with Crippen LogP contribution in [-0.4, -0.2) is 45.0 Å². The summed E-state index contributed by atoms with van der Waals surface area (Å²) >= 11 is 1.60. The molecule has 0 saturated carbocycles. The van der Waals surface area contributed by atoms with Crippen molar-refractivity contribution in [1.82, 2.24) is 24.8 Å². The minimum absolute atomic E-state index is 0. The highest BCUT2D eigenvalue weighted by atomic mass is 35.5. The Labute approximate surface area is 180 Å². The van der Waals surface area contributed by atoms with Gasteiger partial charge in [0.1, 0.15) is 16.9 Å². The first-order valence-electron chi connectivity index (χ1n) is 8.65. The van der Waals surface area contributed by atoms with E-state index in [2.05, 4.69) is 15.3 Å². The van der Waals surface area contributed by atoms with Crippen molar-refractivity contribution in [3.05, 3.63) is 59.1 Å². The molecule has 2 aromatic heterocycles. The lowest BCUT2D eigenvalue weighted by molar-refractivity contribution is 0.0621. The summed E-state index contributed by atoms with van der Waals surface area (Å²) in [5.74, 6) is 0.937. The number of imidazole rings is 1. The number of amides is 1. The van der Waals surface area contributed by atoms with Gasteiger partial charge in [-0.25, -0.2) is 9.97 Å². The second kappa shape index (κ2) is 9.52. The zero-order chi connectivity index (χ0) is 18.1. The Bertz CT molecular complexity index is 942. The molecule has 1 aliphatic rings. The highest BCUT2D eigenvalue weighted by Gasteiger charge is 2.31.